The van der Waals surface area contributed by atoms with E-state index < -0.39 is 0 Å². The Hall–Kier alpha value is -0.220. The molecule has 0 saturated carbocycles. The molecule has 1 rings (SSSR count). The van der Waals surface area contributed by atoms with Crippen molar-refractivity contribution in [2.24, 2.45) is 5.92 Å². The third-order valence-corrected chi connectivity index (χ3v) is 2.55. The van der Waals surface area contributed by atoms with Gasteiger partial charge in [-0.3, -0.25) is 9.69 Å². The molecule has 0 aromatic heterocycles. The van der Waals surface area contributed by atoms with Crippen LogP contribution in [0.25, 0.3) is 0 Å². The van der Waals surface area contributed by atoms with Crippen LogP contribution < -0.4 is 0 Å². The highest BCUT2D eigenvalue weighted by Gasteiger charge is 2.18. The minimum Gasteiger partial charge on any atom is -0.331 e. The molecular weight excluding hydrogens is 184 g/mol. The lowest BCUT2D eigenvalue weighted by Gasteiger charge is -2.34. The van der Waals surface area contributed by atoms with E-state index in [0.717, 1.165) is 32.7 Å². The van der Waals surface area contributed by atoms with E-state index in [1.807, 2.05) is 0 Å². The Labute approximate surface area is 85.5 Å². The fourth-order valence-corrected chi connectivity index (χ4v) is 1.84. The Balaban J connectivity index is 2.26. The topological polar surface area (TPSA) is 23.6 Å². The zero-order chi connectivity index (χ0) is 9.84. The number of amides is 1. The molecule has 1 aliphatic rings. The average Bonchev–Trinajstić information content (AvgIpc) is 2.04. The lowest BCUT2D eigenvalue weighted by atomic mass is 10.2. The number of nitrogens with zero attached hydrogens (tertiary/aromatic N) is 2. The molecule has 1 aliphatic heterocycles. The van der Waals surface area contributed by atoms with Crippen molar-refractivity contribution in [3.63, 3.8) is 0 Å². The maximum atomic E-state index is 10.9. The number of piperazine rings is 1. The number of hydrogen-bond donors (Lipinski definition) is 1. The van der Waals surface area contributed by atoms with E-state index in [1.54, 1.807) is 4.90 Å². The van der Waals surface area contributed by atoms with E-state index in [2.05, 4.69) is 31.4 Å². The van der Waals surface area contributed by atoms with Crippen molar-refractivity contribution in [3.05, 3.63) is 0 Å². The zero-order valence-electron chi connectivity index (χ0n) is 8.36. The summed E-state index contributed by atoms with van der Waals surface area (Å²) in [6.07, 6.45) is 0. The largest absolute Gasteiger partial charge is 0.331 e. The Morgan fingerprint density at radius 3 is 2.23 bits per heavy atom. The first-order valence-electron chi connectivity index (χ1n) is 4.80. The van der Waals surface area contributed by atoms with Gasteiger partial charge in [0.25, 0.3) is 5.24 Å². The van der Waals surface area contributed by atoms with Gasteiger partial charge in [0.2, 0.25) is 0 Å². The smallest absolute Gasteiger partial charge is 0.278 e. The highest BCUT2D eigenvalue weighted by Crippen LogP contribution is 2.06. The molecule has 0 unspecified atom stereocenters. The fourth-order valence-electron chi connectivity index (χ4n) is 1.64. The highest BCUT2D eigenvalue weighted by atomic mass is 32.1. The first kappa shape index (κ1) is 10.9. The van der Waals surface area contributed by atoms with Gasteiger partial charge in [0.15, 0.2) is 0 Å². The summed E-state index contributed by atoms with van der Waals surface area (Å²) in [6, 6.07) is 0. The molecule has 1 amide bonds. The molecule has 0 N–H and O–H groups in total. The van der Waals surface area contributed by atoms with Crippen LogP contribution in [0.4, 0.5) is 4.79 Å². The van der Waals surface area contributed by atoms with Gasteiger partial charge in [0, 0.05) is 32.7 Å². The van der Waals surface area contributed by atoms with Gasteiger partial charge in [0.1, 0.15) is 0 Å². The molecule has 1 heterocycles. The standard InChI is InChI=1S/C9H18N2OS/c1-8(2)7-10-3-5-11(6-4-10)9(12)13/h8H,3-7H2,1-2H3,(H,12,13). The molecule has 0 bridgehead atoms. The second kappa shape index (κ2) is 4.86. The van der Waals surface area contributed by atoms with Gasteiger partial charge in [-0.25, -0.2) is 0 Å². The van der Waals surface area contributed by atoms with Crippen LogP contribution in [0, 0.1) is 5.92 Å². The molecule has 0 aliphatic carbocycles. The summed E-state index contributed by atoms with van der Waals surface area (Å²) in [5.41, 5.74) is 0. The summed E-state index contributed by atoms with van der Waals surface area (Å²) in [5.74, 6) is 0.707. The van der Waals surface area contributed by atoms with E-state index in [1.165, 1.54) is 0 Å². The fraction of sp³-hybridized carbons (Fsp3) is 0.889. The summed E-state index contributed by atoms with van der Waals surface area (Å²) in [6.45, 7) is 9.21. The number of rotatable bonds is 2. The molecular formula is C9H18N2OS. The van der Waals surface area contributed by atoms with Gasteiger partial charge in [-0.2, -0.15) is 0 Å². The molecule has 1 saturated heterocycles. The van der Waals surface area contributed by atoms with Crippen LogP contribution in [0.2, 0.25) is 0 Å². The SMILES string of the molecule is CC(C)CN1CCN(C(=O)S)CC1. The summed E-state index contributed by atoms with van der Waals surface area (Å²) in [4.78, 5) is 15.1. The summed E-state index contributed by atoms with van der Waals surface area (Å²) < 4.78 is 0. The van der Waals surface area contributed by atoms with Crippen molar-refractivity contribution in [2.75, 3.05) is 32.7 Å². The van der Waals surface area contributed by atoms with Crippen molar-refractivity contribution in [3.8, 4) is 0 Å². The normalized spacial score (nSPS) is 19.5. The quantitative estimate of drug-likeness (QED) is 0.683. The predicted molar refractivity (Wildman–Crippen MR) is 57.2 cm³/mol. The van der Waals surface area contributed by atoms with Crippen molar-refractivity contribution in [1.82, 2.24) is 9.80 Å². The first-order chi connectivity index (χ1) is 6.09. The molecule has 0 atom stereocenters. The second-order valence-corrected chi connectivity index (χ2v) is 4.35. The van der Waals surface area contributed by atoms with Gasteiger partial charge >= 0.3 is 0 Å². The van der Waals surface area contributed by atoms with E-state index in [9.17, 15) is 4.79 Å². The molecule has 0 aromatic carbocycles. The average molecular weight is 202 g/mol. The van der Waals surface area contributed by atoms with Crippen molar-refractivity contribution >= 4 is 17.9 Å². The van der Waals surface area contributed by atoms with Crippen LogP contribution in [0.3, 0.4) is 0 Å². The molecule has 76 valence electrons. The molecule has 3 nitrogen and oxygen atoms in total. The molecule has 1 fully saturated rings. The maximum Gasteiger partial charge on any atom is 0.278 e. The minimum atomic E-state index is -0.0933. The van der Waals surface area contributed by atoms with Gasteiger partial charge in [-0.1, -0.05) is 26.5 Å². The summed E-state index contributed by atoms with van der Waals surface area (Å²) in [5, 5.41) is -0.0933. The Morgan fingerprint density at radius 1 is 1.31 bits per heavy atom. The van der Waals surface area contributed by atoms with Crippen LogP contribution in [0.15, 0.2) is 0 Å². The molecule has 0 aromatic rings. The van der Waals surface area contributed by atoms with Gasteiger partial charge in [0.05, 0.1) is 0 Å². The van der Waals surface area contributed by atoms with Gasteiger partial charge < -0.3 is 4.90 Å². The number of hydrogen-bond acceptors (Lipinski definition) is 2. The van der Waals surface area contributed by atoms with E-state index in [4.69, 9.17) is 0 Å². The lowest BCUT2D eigenvalue weighted by Crippen LogP contribution is -2.48. The van der Waals surface area contributed by atoms with Crippen LogP contribution in [-0.4, -0.2) is 47.8 Å². The molecule has 0 spiro atoms. The third kappa shape index (κ3) is 3.56. The van der Waals surface area contributed by atoms with E-state index in [0.29, 0.717) is 5.92 Å². The number of thiol groups is 1. The molecule has 13 heavy (non-hydrogen) atoms. The maximum absolute atomic E-state index is 10.9. The van der Waals surface area contributed by atoms with Crippen molar-refractivity contribution < 1.29 is 4.79 Å². The Kier molecular flexibility index (Phi) is 4.06. The van der Waals surface area contributed by atoms with Crippen molar-refractivity contribution in [2.45, 2.75) is 13.8 Å². The Bertz CT molecular complexity index is 176. The highest BCUT2D eigenvalue weighted by molar-refractivity contribution is 7.96. The van der Waals surface area contributed by atoms with Crippen LogP contribution in [0.5, 0.6) is 0 Å². The number of carbonyl (C=O) groups is 1. The van der Waals surface area contributed by atoms with E-state index >= 15 is 0 Å². The van der Waals surface area contributed by atoms with Crippen LogP contribution in [0.1, 0.15) is 13.8 Å². The lowest BCUT2D eigenvalue weighted by molar-refractivity contribution is 0.144. The molecule has 4 heteroatoms. The predicted octanol–water partition coefficient (Wildman–Crippen LogP) is 1.31. The third-order valence-electron chi connectivity index (χ3n) is 2.27. The second-order valence-electron chi connectivity index (χ2n) is 3.96. The monoisotopic (exact) mass is 202 g/mol. The van der Waals surface area contributed by atoms with E-state index in [-0.39, 0.29) is 5.24 Å². The summed E-state index contributed by atoms with van der Waals surface area (Å²) in [7, 11) is 0. The van der Waals surface area contributed by atoms with Gasteiger partial charge in [-0.15, -0.1) is 0 Å². The van der Waals surface area contributed by atoms with Crippen LogP contribution >= 0.6 is 12.6 Å². The van der Waals surface area contributed by atoms with Crippen LogP contribution in [-0.2, 0) is 0 Å². The minimum absolute atomic E-state index is 0.0933. The number of carbonyl (C=O) groups excluding carboxylic acids is 1. The zero-order valence-corrected chi connectivity index (χ0v) is 9.26. The van der Waals surface area contributed by atoms with Crippen molar-refractivity contribution in [1.29, 1.82) is 0 Å². The van der Waals surface area contributed by atoms with Gasteiger partial charge in [-0.05, 0) is 5.92 Å². The first-order valence-corrected chi connectivity index (χ1v) is 5.24. The Morgan fingerprint density at radius 2 is 1.85 bits per heavy atom. The summed E-state index contributed by atoms with van der Waals surface area (Å²) >= 11 is 3.81. The molecule has 0 radical (unpaired) electrons.